The molecule has 174 valence electrons. The molecular formula is C21H24F3N3O4S. The molecule has 2 N–H and O–H groups in total. The van der Waals surface area contributed by atoms with Crippen molar-refractivity contribution in [3.05, 3.63) is 22.1 Å². The predicted octanol–water partition coefficient (Wildman–Crippen LogP) is 4.42. The fourth-order valence-corrected chi connectivity index (χ4v) is 4.93. The molecule has 0 aromatic carbocycles. The zero-order chi connectivity index (χ0) is 23.2. The molecule has 7 nitrogen and oxygen atoms in total. The molecular weight excluding hydrogens is 447 g/mol. The van der Waals surface area contributed by atoms with Gasteiger partial charge in [0, 0.05) is 36.9 Å². The van der Waals surface area contributed by atoms with E-state index in [1.54, 1.807) is 0 Å². The number of rotatable bonds is 6. The molecule has 2 amide bonds. The summed E-state index contributed by atoms with van der Waals surface area (Å²) in [4.78, 5) is 28.3. The third-order valence-corrected chi connectivity index (χ3v) is 6.92. The van der Waals surface area contributed by atoms with E-state index in [1.807, 2.05) is 6.92 Å². The van der Waals surface area contributed by atoms with Crippen LogP contribution in [-0.2, 0) is 10.9 Å². The van der Waals surface area contributed by atoms with Crippen LogP contribution in [0.2, 0.25) is 0 Å². The molecule has 32 heavy (non-hydrogen) atoms. The SMILES string of the molecule is CNC(=O)c1csc2c(C(F)(F)F)c(C)c(OC3CC(NC(=O)O[C@@H](C)C4CC4)C3)nc12. The lowest BCUT2D eigenvalue weighted by Crippen LogP contribution is -2.49. The van der Waals surface area contributed by atoms with Crippen molar-refractivity contribution in [2.45, 2.75) is 64.0 Å². The highest BCUT2D eigenvalue weighted by atomic mass is 32.1. The van der Waals surface area contributed by atoms with E-state index in [4.69, 9.17) is 9.47 Å². The van der Waals surface area contributed by atoms with Gasteiger partial charge in [-0.15, -0.1) is 11.3 Å². The smallest absolute Gasteiger partial charge is 0.418 e. The average molecular weight is 472 g/mol. The summed E-state index contributed by atoms with van der Waals surface area (Å²) < 4.78 is 52.5. The van der Waals surface area contributed by atoms with Crippen LogP contribution in [0.1, 0.15) is 54.1 Å². The second-order valence-electron chi connectivity index (χ2n) is 8.32. The van der Waals surface area contributed by atoms with Gasteiger partial charge in [-0.25, -0.2) is 9.78 Å². The number of nitrogens with one attached hydrogen (secondary N) is 2. The Kier molecular flexibility index (Phi) is 5.95. The minimum atomic E-state index is -4.63. The highest BCUT2D eigenvalue weighted by Crippen LogP contribution is 2.43. The zero-order valence-electron chi connectivity index (χ0n) is 17.8. The highest BCUT2D eigenvalue weighted by Gasteiger charge is 2.40. The van der Waals surface area contributed by atoms with Gasteiger partial charge in [-0.05, 0) is 32.6 Å². The normalized spacial score (nSPS) is 21.6. The van der Waals surface area contributed by atoms with E-state index in [2.05, 4.69) is 15.6 Å². The van der Waals surface area contributed by atoms with Crippen molar-refractivity contribution in [3.8, 4) is 5.88 Å². The van der Waals surface area contributed by atoms with Crippen molar-refractivity contribution in [1.82, 2.24) is 15.6 Å². The average Bonchev–Trinajstić information content (AvgIpc) is 3.46. The lowest BCUT2D eigenvalue weighted by molar-refractivity contribution is -0.136. The molecule has 0 unspecified atom stereocenters. The number of nitrogens with zero attached hydrogens (tertiary/aromatic N) is 1. The molecule has 0 bridgehead atoms. The van der Waals surface area contributed by atoms with Gasteiger partial charge in [0.1, 0.15) is 12.2 Å². The number of alkyl carbamates (subject to hydrolysis) is 1. The molecule has 4 rings (SSSR count). The number of fused-ring (bicyclic) bond motifs is 1. The van der Waals surface area contributed by atoms with Crippen LogP contribution in [0.4, 0.5) is 18.0 Å². The van der Waals surface area contributed by atoms with Crippen LogP contribution in [0, 0.1) is 12.8 Å². The predicted molar refractivity (Wildman–Crippen MR) is 112 cm³/mol. The van der Waals surface area contributed by atoms with Crippen molar-refractivity contribution in [1.29, 1.82) is 0 Å². The maximum atomic E-state index is 13.8. The summed E-state index contributed by atoms with van der Waals surface area (Å²) in [5.74, 6) is -0.234. The number of hydrogen-bond donors (Lipinski definition) is 2. The molecule has 1 atom stereocenters. The number of aromatic nitrogens is 1. The number of amides is 2. The second-order valence-corrected chi connectivity index (χ2v) is 9.20. The maximum Gasteiger partial charge on any atom is 0.418 e. The summed E-state index contributed by atoms with van der Waals surface area (Å²) in [6, 6.07) is -0.174. The zero-order valence-corrected chi connectivity index (χ0v) is 18.7. The Morgan fingerprint density at radius 3 is 2.56 bits per heavy atom. The molecule has 2 aliphatic carbocycles. The largest absolute Gasteiger partial charge is 0.474 e. The third-order valence-electron chi connectivity index (χ3n) is 5.93. The van der Waals surface area contributed by atoms with Crippen molar-refractivity contribution < 1.29 is 32.2 Å². The first-order valence-corrected chi connectivity index (χ1v) is 11.3. The van der Waals surface area contributed by atoms with Crippen LogP contribution >= 0.6 is 11.3 Å². The molecule has 2 aromatic heterocycles. The summed E-state index contributed by atoms with van der Waals surface area (Å²) in [5.41, 5.74) is -0.925. The van der Waals surface area contributed by atoms with E-state index in [0.29, 0.717) is 18.8 Å². The molecule has 0 radical (unpaired) electrons. The van der Waals surface area contributed by atoms with Gasteiger partial charge in [-0.2, -0.15) is 13.2 Å². The van der Waals surface area contributed by atoms with Crippen molar-refractivity contribution >= 4 is 33.6 Å². The lowest BCUT2D eigenvalue weighted by atomic mass is 9.89. The Morgan fingerprint density at radius 2 is 1.97 bits per heavy atom. The van der Waals surface area contributed by atoms with Gasteiger partial charge in [0.25, 0.3) is 5.91 Å². The minimum absolute atomic E-state index is 0.0334. The van der Waals surface area contributed by atoms with E-state index in [9.17, 15) is 22.8 Å². The van der Waals surface area contributed by atoms with E-state index in [0.717, 1.165) is 24.2 Å². The minimum Gasteiger partial charge on any atom is -0.474 e. The Morgan fingerprint density at radius 1 is 1.28 bits per heavy atom. The first kappa shape index (κ1) is 22.6. The number of pyridine rings is 1. The number of thiophene rings is 1. The van der Waals surface area contributed by atoms with Gasteiger partial charge in [-0.1, -0.05) is 0 Å². The lowest BCUT2D eigenvalue weighted by Gasteiger charge is -2.35. The summed E-state index contributed by atoms with van der Waals surface area (Å²) in [7, 11) is 1.40. The van der Waals surface area contributed by atoms with E-state index in [1.165, 1.54) is 19.4 Å². The third kappa shape index (κ3) is 4.48. The van der Waals surface area contributed by atoms with Crippen molar-refractivity contribution in [2.75, 3.05) is 7.05 Å². The van der Waals surface area contributed by atoms with Crippen LogP contribution in [-0.4, -0.2) is 42.3 Å². The van der Waals surface area contributed by atoms with Crippen LogP contribution in [0.15, 0.2) is 5.38 Å². The van der Waals surface area contributed by atoms with Gasteiger partial charge in [0.15, 0.2) is 0 Å². The molecule has 0 aliphatic heterocycles. The van der Waals surface area contributed by atoms with Crippen LogP contribution < -0.4 is 15.4 Å². The monoisotopic (exact) mass is 471 g/mol. The van der Waals surface area contributed by atoms with Crippen LogP contribution in [0.3, 0.4) is 0 Å². The number of ether oxygens (including phenoxy) is 2. The van der Waals surface area contributed by atoms with Crippen molar-refractivity contribution in [3.63, 3.8) is 0 Å². The van der Waals surface area contributed by atoms with Crippen molar-refractivity contribution in [2.24, 2.45) is 5.92 Å². The summed E-state index contributed by atoms with van der Waals surface area (Å²) in [6.45, 7) is 3.18. The molecule has 2 heterocycles. The van der Waals surface area contributed by atoms with Gasteiger partial charge < -0.3 is 20.1 Å². The summed E-state index contributed by atoms with van der Waals surface area (Å²) >= 11 is 0.831. The topological polar surface area (TPSA) is 89.6 Å². The highest BCUT2D eigenvalue weighted by molar-refractivity contribution is 7.17. The molecule has 2 fully saturated rings. The number of halogens is 3. The Balaban J connectivity index is 1.48. The van der Waals surface area contributed by atoms with E-state index in [-0.39, 0.29) is 39.4 Å². The standard InChI is InChI=1S/C21H24F3N3O4S/c1-9-15(21(22,23)24)17-16(14(8-32-17)18(28)25-3)27-19(9)31-13-6-12(7-13)26-20(29)30-10(2)11-4-5-11/h8,10-13H,4-7H2,1-3H3,(H,25,28)(H,26,29)/t10-,12?,13?/m0/s1. The molecule has 0 saturated heterocycles. The fourth-order valence-electron chi connectivity index (χ4n) is 3.82. The van der Waals surface area contributed by atoms with Gasteiger partial charge in [0.05, 0.1) is 21.3 Å². The summed E-state index contributed by atoms with van der Waals surface area (Å²) in [6.07, 6.45) is -2.64. The number of carbonyl (C=O) groups excluding carboxylic acids is 2. The second kappa shape index (κ2) is 8.42. The number of alkyl halides is 3. The van der Waals surface area contributed by atoms with Gasteiger partial charge in [-0.3, -0.25) is 4.79 Å². The fraction of sp³-hybridized carbons (Fsp3) is 0.571. The van der Waals surface area contributed by atoms with E-state index < -0.39 is 29.8 Å². The first-order chi connectivity index (χ1) is 15.1. The van der Waals surface area contributed by atoms with E-state index >= 15 is 0 Å². The Labute approximate surface area is 186 Å². The van der Waals surface area contributed by atoms with Gasteiger partial charge in [0.2, 0.25) is 5.88 Å². The van der Waals surface area contributed by atoms with Crippen LogP contribution in [0.5, 0.6) is 5.88 Å². The number of hydrogen-bond acceptors (Lipinski definition) is 6. The quantitative estimate of drug-likeness (QED) is 0.651. The molecule has 2 aromatic rings. The molecule has 2 aliphatic rings. The first-order valence-electron chi connectivity index (χ1n) is 10.4. The maximum absolute atomic E-state index is 13.8. The summed E-state index contributed by atoms with van der Waals surface area (Å²) in [5, 5.41) is 6.54. The molecule has 2 saturated carbocycles. The Bertz CT molecular complexity index is 1050. The molecule has 11 heteroatoms. The van der Waals surface area contributed by atoms with Gasteiger partial charge >= 0.3 is 12.3 Å². The Hall–Kier alpha value is -2.56. The number of carbonyl (C=O) groups is 2. The van der Waals surface area contributed by atoms with Crippen LogP contribution in [0.25, 0.3) is 10.2 Å². The molecule has 0 spiro atoms.